The lowest BCUT2D eigenvalue weighted by molar-refractivity contribution is 0.0938. The second-order valence-corrected chi connectivity index (χ2v) is 8.74. The molecule has 6 heteroatoms. The molecule has 0 radical (unpaired) electrons. The molecular weight excluding hydrogens is 414 g/mol. The Morgan fingerprint density at radius 1 is 1.00 bits per heavy atom. The van der Waals surface area contributed by atoms with Gasteiger partial charge < -0.3 is 20.3 Å². The van der Waals surface area contributed by atoms with E-state index in [1.165, 1.54) is 6.42 Å². The van der Waals surface area contributed by atoms with Crippen molar-refractivity contribution >= 4 is 23.2 Å². The summed E-state index contributed by atoms with van der Waals surface area (Å²) in [6, 6.07) is 12.9. The number of benzene rings is 2. The van der Waals surface area contributed by atoms with Crippen molar-refractivity contribution in [2.24, 2.45) is 0 Å². The van der Waals surface area contributed by atoms with E-state index in [1.54, 1.807) is 18.2 Å². The molecule has 0 bridgehead atoms. The Bertz CT molecular complexity index is 921. The highest BCUT2D eigenvalue weighted by atomic mass is 16.5. The Morgan fingerprint density at radius 2 is 1.73 bits per heavy atom. The summed E-state index contributed by atoms with van der Waals surface area (Å²) in [4.78, 5) is 28.2. The number of ether oxygens (including phenoxy) is 1. The van der Waals surface area contributed by atoms with Gasteiger partial charge in [-0.3, -0.25) is 9.59 Å². The monoisotopic (exact) mass is 451 g/mol. The van der Waals surface area contributed by atoms with E-state index in [2.05, 4.69) is 22.5 Å². The van der Waals surface area contributed by atoms with Gasteiger partial charge in [-0.05, 0) is 81.5 Å². The third-order valence-electron chi connectivity index (χ3n) is 6.07. The van der Waals surface area contributed by atoms with Gasteiger partial charge in [-0.25, -0.2) is 0 Å². The third-order valence-corrected chi connectivity index (χ3v) is 6.07. The highest BCUT2D eigenvalue weighted by molar-refractivity contribution is 6.06. The summed E-state index contributed by atoms with van der Waals surface area (Å²) in [5, 5.41) is 6.02. The zero-order valence-electron chi connectivity index (χ0n) is 20.2. The summed E-state index contributed by atoms with van der Waals surface area (Å²) >= 11 is 0. The van der Waals surface area contributed by atoms with Gasteiger partial charge in [0.25, 0.3) is 11.8 Å². The fourth-order valence-electron chi connectivity index (χ4n) is 3.85. The number of hydrogen-bond donors (Lipinski definition) is 2. The van der Waals surface area contributed by atoms with Gasteiger partial charge in [-0.2, -0.15) is 0 Å². The lowest BCUT2D eigenvalue weighted by Gasteiger charge is -2.31. The molecule has 1 atom stereocenters. The van der Waals surface area contributed by atoms with E-state index in [0.29, 0.717) is 23.4 Å². The molecule has 6 nitrogen and oxygen atoms in total. The topological polar surface area (TPSA) is 70.7 Å². The number of amides is 2. The van der Waals surface area contributed by atoms with Gasteiger partial charge in [0.05, 0.1) is 12.2 Å². The highest BCUT2D eigenvalue weighted by Crippen LogP contribution is 2.28. The second-order valence-electron chi connectivity index (χ2n) is 8.74. The van der Waals surface area contributed by atoms with Crippen molar-refractivity contribution < 1.29 is 14.3 Å². The number of carbonyl (C=O) groups excluding carboxylic acids is 2. The summed E-state index contributed by atoms with van der Waals surface area (Å²) < 4.78 is 5.67. The van der Waals surface area contributed by atoms with Crippen molar-refractivity contribution in [3.8, 4) is 5.75 Å². The number of unbranched alkanes of at least 4 members (excludes halogenated alkanes) is 1. The van der Waals surface area contributed by atoms with Gasteiger partial charge in [-0.15, -0.1) is 0 Å². The molecule has 1 heterocycles. The van der Waals surface area contributed by atoms with Crippen LogP contribution in [0.15, 0.2) is 42.5 Å². The van der Waals surface area contributed by atoms with Crippen molar-refractivity contribution in [3.05, 3.63) is 53.6 Å². The molecule has 0 aromatic heterocycles. The molecule has 1 aliphatic rings. The maximum absolute atomic E-state index is 13.1. The largest absolute Gasteiger partial charge is 0.494 e. The van der Waals surface area contributed by atoms with Crippen molar-refractivity contribution in [1.29, 1.82) is 0 Å². The Hall–Kier alpha value is -3.02. The van der Waals surface area contributed by atoms with Crippen LogP contribution in [-0.2, 0) is 0 Å². The van der Waals surface area contributed by atoms with Gasteiger partial charge in [0.1, 0.15) is 5.75 Å². The fraction of sp³-hybridized carbons (Fsp3) is 0.481. The predicted octanol–water partition coefficient (Wildman–Crippen LogP) is 5.64. The van der Waals surface area contributed by atoms with Crippen molar-refractivity contribution in [3.63, 3.8) is 0 Å². The lowest BCUT2D eigenvalue weighted by Crippen LogP contribution is -2.35. The van der Waals surface area contributed by atoms with E-state index in [1.807, 2.05) is 38.1 Å². The van der Waals surface area contributed by atoms with Gasteiger partial charge in [-0.1, -0.05) is 20.3 Å². The standard InChI is InChI=1S/C27H37N3O3/c1-4-6-18-33-23-13-10-21(11-14-23)26(31)29-22-12-15-25(30-16-8-7-9-17-30)24(19-22)27(32)28-20(3)5-2/h10-15,19-20H,4-9,16-18H2,1-3H3,(H,28,32)(H,29,31). The summed E-state index contributed by atoms with van der Waals surface area (Å²) in [7, 11) is 0. The minimum absolute atomic E-state index is 0.0861. The Kier molecular flexibility index (Phi) is 9.16. The first kappa shape index (κ1) is 24.6. The molecule has 0 saturated carbocycles. The number of hydrogen-bond acceptors (Lipinski definition) is 4. The van der Waals surface area contributed by atoms with Crippen molar-refractivity contribution in [1.82, 2.24) is 5.32 Å². The molecule has 1 fully saturated rings. The van der Waals surface area contributed by atoms with Crippen LogP contribution in [0.2, 0.25) is 0 Å². The van der Waals surface area contributed by atoms with Crippen LogP contribution in [0.25, 0.3) is 0 Å². The molecule has 1 aliphatic heterocycles. The number of rotatable bonds is 10. The van der Waals surface area contributed by atoms with Gasteiger partial charge in [0.15, 0.2) is 0 Å². The number of nitrogens with one attached hydrogen (secondary N) is 2. The molecule has 2 aromatic rings. The fourth-order valence-corrected chi connectivity index (χ4v) is 3.85. The van der Waals surface area contributed by atoms with Crippen molar-refractivity contribution in [2.45, 2.75) is 65.3 Å². The molecule has 1 saturated heterocycles. The molecular formula is C27H37N3O3. The van der Waals surface area contributed by atoms with Gasteiger partial charge in [0.2, 0.25) is 0 Å². The van der Waals surface area contributed by atoms with Crippen LogP contribution in [0.5, 0.6) is 5.75 Å². The third kappa shape index (κ3) is 6.98. The minimum atomic E-state index is -0.214. The van der Waals surface area contributed by atoms with Crippen LogP contribution in [0.1, 0.15) is 80.0 Å². The number of anilines is 2. The molecule has 2 amide bonds. The lowest BCUT2D eigenvalue weighted by atomic mass is 10.0. The van der Waals surface area contributed by atoms with E-state index in [4.69, 9.17) is 4.74 Å². The Morgan fingerprint density at radius 3 is 2.39 bits per heavy atom. The van der Waals surface area contributed by atoms with E-state index >= 15 is 0 Å². The van der Waals surface area contributed by atoms with E-state index < -0.39 is 0 Å². The first-order chi connectivity index (χ1) is 16.0. The molecule has 0 aliphatic carbocycles. The van der Waals surface area contributed by atoms with Crippen LogP contribution in [0.3, 0.4) is 0 Å². The summed E-state index contributed by atoms with van der Waals surface area (Å²) in [6.07, 6.45) is 6.42. The molecule has 3 rings (SSSR count). The minimum Gasteiger partial charge on any atom is -0.494 e. The number of carbonyl (C=O) groups is 2. The molecule has 33 heavy (non-hydrogen) atoms. The molecule has 178 valence electrons. The maximum atomic E-state index is 13.1. The van der Waals surface area contributed by atoms with Crippen molar-refractivity contribution in [2.75, 3.05) is 29.9 Å². The van der Waals surface area contributed by atoms with E-state index in [0.717, 1.165) is 56.6 Å². The first-order valence-electron chi connectivity index (χ1n) is 12.3. The van der Waals surface area contributed by atoms with Crippen LogP contribution in [0, 0.1) is 0 Å². The Balaban J connectivity index is 1.76. The van der Waals surface area contributed by atoms with Crippen LogP contribution in [0.4, 0.5) is 11.4 Å². The second kappa shape index (κ2) is 12.3. The summed E-state index contributed by atoms with van der Waals surface area (Å²) in [6.45, 7) is 8.74. The van der Waals surface area contributed by atoms with Crippen LogP contribution < -0.4 is 20.3 Å². The normalized spacial score (nSPS) is 14.5. The summed E-state index contributed by atoms with van der Waals surface area (Å²) in [5.41, 5.74) is 2.69. The zero-order valence-corrected chi connectivity index (χ0v) is 20.2. The SMILES string of the molecule is CCCCOc1ccc(C(=O)Nc2ccc(N3CCCCC3)c(C(=O)NC(C)CC)c2)cc1. The van der Waals surface area contributed by atoms with Crippen LogP contribution in [-0.4, -0.2) is 37.6 Å². The quantitative estimate of drug-likeness (QED) is 0.459. The molecule has 2 aromatic carbocycles. The zero-order chi connectivity index (χ0) is 23.6. The maximum Gasteiger partial charge on any atom is 0.255 e. The average molecular weight is 452 g/mol. The van der Waals surface area contributed by atoms with Crippen LogP contribution >= 0.6 is 0 Å². The van der Waals surface area contributed by atoms with E-state index in [9.17, 15) is 9.59 Å². The average Bonchev–Trinajstić information content (AvgIpc) is 2.85. The van der Waals surface area contributed by atoms with Gasteiger partial charge >= 0.3 is 0 Å². The molecule has 0 spiro atoms. The summed E-state index contributed by atoms with van der Waals surface area (Å²) in [5.74, 6) is 0.443. The highest BCUT2D eigenvalue weighted by Gasteiger charge is 2.20. The van der Waals surface area contributed by atoms with Gasteiger partial charge in [0, 0.05) is 36.1 Å². The number of nitrogens with zero attached hydrogens (tertiary/aromatic N) is 1. The first-order valence-corrected chi connectivity index (χ1v) is 12.3. The molecule has 1 unspecified atom stereocenters. The van der Waals surface area contributed by atoms with E-state index in [-0.39, 0.29) is 17.9 Å². The predicted molar refractivity (Wildman–Crippen MR) is 135 cm³/mol. The number of piperidine rings is 1. The Labute approximate surface area is 197 Å². The molecule has 2 N–H and O–H groups in total. The smallest absolute Gasteiger partial charge is 0.255 e.